The Bertz CT molecular complexity index is 595. The number of aryl methyl sites for hydroxylation is 2. The van der Waals surface area contributed by atoms with Crippen LogP contribution in [0.2, 0.25) is 0 Å². The molecule has 0 radical (unpaired) electrons. The van der Waals surface area contributed by atoms with Crippen molar-refractivity contribution in [1.82, 2.24) is 15.1 Å². The molecular weight excluding hydrogens is 321 g/mol. The van der Waals surface area contributed by atoms with Gasteiger partial charge in [0.1, 0.15) is 5.82 Å². The number of nitrogens with one attached hydrogen (secondary N) is 1. The van der Waals surface area contributed by atoms with Crippen LogP contribution in [0.4, 0.5) is 4.39 Å². The number of hydrogen-bond acceptors (Lipinski definition) is 2. The number of nitrogens with zero attached hydrogens (tertiary/aromatic N) is 2. The van der Waals surface area contributed by atoms with E-state index < -0.39 is 0 Å². The average molecular weight is 340 g/mol. The highest BCUT2D eigenvalue weighted by molar-refractivity contribution is 9.10. The highest BCUT2D eigenvalue weighted by atomic mass is 79.9. The van der Waals surface area contributed by atoms with Gasteiger partial charge in [-0.1, -0.05) is 19.1 Å². The van der Waals surface area contributed by atoms with Crippen LogP contribution < -0.4 is 5.32 Å². The van der Waals surface area contributed by atoms with E-state index in [9.17, 15) is 4.39 Å². The summed E-state index contributed by atoms with van der Waals surface area (Å²) in [5, 5.41) is 7.77. The molecule has 1 atom stereocenters. The summed E-state index contributed by atoms with van der Waals surface area (Å²) in [6.45, 7) is 4.87. The lowest BCUT2D eigenvalue weighted by molar-refractivity contribution is 0.542. The van der Waals surface area contributed by atoms with E-state index in [0.717, 1.165) is 24.2 Å². The van der Waals surface area contributed by atoms with Crippen molar-refractivity contribution in [2.75, 3.05) is 6.54 Å². The Labute approximate surface area is 127 Å². The lowest BCUT2D eigenvalue weighted by Crippen LogP contribution is -2.24. The standard InChI is InChI=1S/C15H19BrFN3/c1-4-8-18-15(12-9-20(3)19-10(12)2)11-6-5-7-13(16)14(11)17/h5-7,9,15,18H,4,8H2,1-3H3. The van der Waals surface area contributed by atoms with Crippen LogP contribution in [0.5, 0.6) is 0 Å². The van der Waals surface area contributed by atoms with Crippen LogP contribution in [0, 0.1) is 12.7 Å². The number of benzene rings is 1. The van der Waals surface area contributed by atoms with Crippen molar-refractivity contribution in [2.24, 2.45) is 7.05 Å². The van der Waals surface area contributed by atoms with E-state index in [0.29, 0.717) is 10.0 Å². The first-order valence-corrected chi connectivity index (χ1v) is 7.51. The van der Waals surface area contributed by atoms with Gasteiger partial charge >= 0.3 is 0 Å². The normalized spacial score (nSPS) is 12.7. The smallest absolute Gasteiger partial charge is 0.142 e. The summed E-state index contributed by atoms with van der Waals surface area (Å²) in [6.07, 6.45) is 2.94. The van der Waals surface area contributed by atoms with E-state index in [-0.39, 0.29) is 11.9 Å². The molecule has 0 amide bonds. The van der Waals surface area contributed by atoms with Crippen LogP contribution in [-0.4, -0.2) is 16.3 Å². The lowest BCUT2D eigenvalue weighted by Gasteiger charge is -2.19. The summed E-state index contributed by atoms with van der Waals surface area (Å²) in [5.41, 5.74) is 2.57. The third-order valence-corrected chi connectivity index (χ3v) is 3.87. The molecule has 0 aliphatic carbocycles. The van der Waals surface area contributed by atoms with Gasteiger partial charge in [0.25, 0.3) is 0 Å². The van der Waals surface area contributed by atoms with E-state index in [4.69, 9.17) is 0 Å². The molecule has 5 heteroatoms. The van der Waals surface area contributed by atoms with Gasteiger partial charge in [0.15, 0.2) is 0 Å². The van der Waals surface area contributed by atoms with Crippen molar-refractivity contribution in [2.45, 2.75) is 26.3 Å². The van der Waals surface area contributed by atoms with Gasteiger partial charge in [-0.2, -0.15) is 5.10 Å². The van der Waals surface area contributed by atoms with Crippen LogP contribution in [0.1, 0.15) is 36.2 Å². The second-order valence-corrected chi connectivity index (χ2v) is 5.73. The summed E-state index contributed by atoms with van der Waals surface area (Å²) in [4.78, 5) is 0. The first-order valence-electron chi connectivity index (χ1n) is 6.72. The Balaban J connectivity index is 2.47. The van der Waals surface area contributed by atoms with Gasteiger partial charge < -0.3 is 5.32 Å². The Morgan fingerprint density at radius 1 is 1.40 bits per heavy atom. The van der Waals surface area contributed by atoms with E-state index in [1.54, 1.807) is 10.7 Å². The summed E-state index contributed by atoms with van der Waals surface area (Å²) < 4.78 is 16.6. The zero-order valence-electron chi connectivity index (χ0n) is 12.0. The second kappa shape index (κ2) is 6.50. The fraction of sp³-hybridized carbons (Fsp3) is 0.400. The maximum Gasteiger partial charge on any atom is 0.142 e. The van der Waals surface area contributed by atoms with E-state index in [2.05, 4.69) is 33.3 Å². The van der Waals surface area contributed by atoms with E-state index in [1.807, 2.05) is 32.3 Å². The minimum absolute atomic E-state index is 0.179. The minimum Gasteiger partial charge on any atom is -0.306 e. The topological polar surface area (TPSA) is 29.9 Å². The van der Waals surface area contributed by atoms with Gasteiger partial charge in [-0.15, -0.1) is 0 Å². The quantitative estimate of drug-likeness (QED) is 0.899. The van der Waals surface area contributed by atoms with Crippen molar-refractivity contribution >= 4 is 15.9 Å². The third kappa shape index (κ3) is 3.10. The summed E-state index contributed by atoms with van der Waals surface area (Å²) >= 11 is 3.26. The molecule has 20 heavy (non-hydrogen) atoms. The fourth-order valence-electron chi connectivity index (χ4n) is 2.32. The van der Waals surface area contributed by atoms with Gasteiger partial charge in [-0.3, -0.25) is 4.68 Å². The number of aromatic nitrogens is 2. The molecule has 0 spiro atoms. The lowest BCUT2D eigenvalue weighted by atomic mass is 9.98. The van der Waals surface area contributed by atoms with Crippen molar-refractivity contribution in [3.05, 3.63) is 51.5 Å². The predicted octanol–water partition coefficient (Wildman–Crippen LogP) is 3.72. The van der Waals surface area contributed by atoms with Gasteiger partial charge in [0, 0.05) is 24.4 Å². The molecule has 1 heterocycles. The molecule has 3 nitrogen and oxygen atoms in total. The highest BCUT2D eigenvalue weighted by Gasteiger charge is 2.22. The summed E-state index contributed by atoms with van der Waals surface area (Å²) in [7, 11) is 1.88. The van der Waals surface area contributed by atoms with Crippen molar-refractivity contribution in [3.63, 3.8) is 0 Å². The van der Waals surface area contributed by atoms with Crippen LogP contribution >= 0.6 is 15.9 Å². The van der Waals surface area contributed by atoms with Crippen molar-refractivity contribution in [1.29, 1.82) is 0 Å². The first-order chi connectivity index (χ1) is 9.54. The van der Waals surface area contributed by atoms with Gasteiger partial charge in [0.2, 0.25) is 0 Å². The summed E-state index contributed by atoms with van der Waals surface area (Å²) in [6, 6.07) is 5.21. The molecule has 0 saturated carbocycles. The number of rotatable bonds is 5. The predicted molar refractivity (Wildman–Crippen MR) is 82.2 cm³/mol. The van der Waals surface area contributed by atoms with Crippen molar-refractivity contribution < 1.29 is 4.39 Å². The van der Waals surface area contributed by atoms with Crippen LogP contribution in [0.25, 0.3) is 0 Å². The molecule has 1 unspecified atom stereocenters. The zero-order chi connectivity index (χ0) is 14.7. The molecule has 0 aliphatic heterocycles. The van der Waals surface area contributed by atoms with E-state index in [1.165, 1.54) is 0 Å². The number of hydrogen-bond donors (Lipinski definition) is 1. The Morgan fingerprint density at radius 2 is 2.15 bits per heavy atom. The van der Waals surface area contributed by atoms with Crippen LogP contribution in [-0.2, 0) is 7.05 Å². The van der Waals surface area contributed by atoms with Gasteiger partial charge in [-0.05, 0) is 41.9 Å². The van der Waals surface area contributed by atoms with E-state index >= 15 is 0 Å². The molecule has 0 fully saturated rings. The molecule has 2 aromatic rings. The molecule has 2 rings (SSSR count). The Hall–Kier alpha value is -1.20. The van der Waals surface area contributed by atoms with Crippen molar-refractivity contribution in [3.8, 4) is 0 Å². The van der Waals surface area contributed by atoms with Gasteiger partial charge in [0.05, 0.1) is 16.2 Å². The summed E-state index contributed by atoms with van der Waals surface area (Å²) in [5.74, 6) is -0.218. The fourth-order valence-corrected chi connectivity index (χ4v) is 2.70. The number of halogens is 2. The Morgan fingerprint density at radius 3 is 2.75 bits per heavy atom. The van der Waals surface area contributed by atoms with Gasteiger partial charge in [-0.25, -0.2) is 4.39 Å². The monoisotopic (exact) mass is 339 g/mol. The third-order valence-electron chi connectivity index (χ3n) is 3.25. The largest absolute Gasteiger partial charge is 0.306 e. The Kier molecular flexibility index (Phi) is 4.94. The molecule has 1 aromatic heterocycles. The molecule has 0 saturated heterocycles. The first kappa shape index (κ1) is 15.2. The maximum atomic E-state index is 14.4. The maximum absolute atomic E-state index is 14.4. The molecule has 1 aromatic carbocycles. The molecule has 0 aliphatic rings. The highest BCUT2D eigenvalue weighted by Crippen LogP contribution is 2.29. The minimum atomic E-state index is -0.218. The molecular formula is C15H19BrFN3. The molecule has 1 N–H and O–H groups in total. The average Bonchev–Trinajstić information content (AvgIpc) is 2.74. The zero-order valence-corrected chi connectivity index (χ0v) is 13.5. The van der Waals surface area contributed by atoms with Crippen LogP contribution in [0.3, 0.4) is 0 Å². The second-order valence-electron chi connectivity index (χ2n) is 4.87. The molecule has 108 valence electrons. The SMILES string of the molecule is CCCNC(c1cn(C)nc1C)c1cccc(Br)c1F. The molecule has 0 bridgehead atoms. The van der Waals surface area contributed by atoms with Crippen LogP contribution in [0.15, 0.2) is 28.9 Å².